The second kappa shape index (κ2) is 8.81. The number of halogens is 1. The number of rotatable bonds is 3. The number of para-hydroxylation sites is 1. The minimum atomic E-state index is 0.659. The molecule has 5 nitrogen and oxygen atoms in total. The first-order valence-corrected chi connectivity index (χ1v) is 12.3. The van der Waals surface area contributed by atoms with E-state index in [1.54, 1.807) is 0 Å². The Morgan fingerprint density at radius 2 is 1.33 bits per heavy atom. The van der Waals surface area contributed by atoms with Gasteiger partial charge < -0.3 is 9.80 Å². The normalized spacial score (nSPS) is 18.3. The molecule has 33 heavy (non-hydrogen) atoms. The van der Waals surface area contributed by atoms with Crippen LogP contribution < -0.4 is 9.80 Å². The van der Waals surface area contributed by atoms with Crippen LogP contribution in [0.15, 0.2) is 67.0 Å². The Labute approximate surface area is 199 Å². The first-order chi connectivity index (χ1) is 16.3. The van der Waals surface area contributed by atoms with E-state index in [4.69, 9.17) is 11.6 Å². The molecule has 0 unspecified atom stereocenters. The van der Waals surface area contributed by atoms with E-state index in [9.17, 15) is 0 Å². The molecule has 0 atom stereocenters. The van der Waals surface area contributed by atoms with Crippen LogP contribution in [0.5, 0.6) is 0 Å². The Morgan fingerprint density at radius 3 is 2.15 bits per heavy atom. The van der Waals surface area contributed by atoms with Gasteiger partial charge in [-0.15, -0.1) is 0 Å². The van der Waals surface area contributed by atoms with Crippen LogP contribution in [0, 0.1) is 0 Å². The second-order valence-electron chi connectivity index (χ2n) is 9.06. The van der Waals surface area contributed by atoms with Crippen molar-refractivity contribution >= 4 is 44.8 Å². The van der Waals surface area contributed by atoms with Crippen LogP contribution in [0.2, 0.25) is 5.02 Å². The van der Waals surface area contributed by atoms with Crippen LogP contribution in [0.3, 0.4) is 0 Å². The molecular weight excluding hydrogens is 430 g/mol. The molecule has 6 heteroatoms. The van der Waals surface area contributed by atoms with Gasteiger partial charge in [-0.1, -0.05) is 29.8 Å². The minimum absolute atomic E-state index is 0.659. The van der Waals surface area contributed by atoms with Crippen molar-refractivity contribution in [1.82, 2.24) is 14.9 Å². The van der Waals surface area contributed by atoms with Crippen molar-refractivity contribution in [3.8, 4) is 0 Å². The number of piperazine rings is 1. The highest BCUT2D eigenvalue weighted by atomic mass is 35.5. The maximum atomic E-state index is 6.41. The molecule has 2 aromatic carbocycles. The van der Waals surface area contributed by atoms with Gasteiger partial charge in [0.05, 0.1) is 27.4 Å². The first kappa shape index (κ1) is 20.7. The van der Waals surface area contributed by atoms with E-state index in [-0.39, 0.29) is 0 Å². The number of pyridine rings is 2. The SMILES string of the molecule is Clc1ccc(N2CCN(C3CCN(c4cccc5cccnc45)CC3)CC2)c2ncccc12. The van der Waals surface area contributed by atoms with Crippen LogP contribution in [-0.2, 0) is 0 Å². The Kier molecular flexibility index (Phi) is 5.52. The summed E-state index contributed by atoms with van der Waals surface area (Å²) in [7, 11) is 0. The third-order valence-corrected chi connectivity index (χ3v) is 7.61. The zero-order valence-electron chi connectivity index (χ0n) is 18.7. The Bertz CT molecular complexity index is 1270. The van der Waals surface area contributed by atoms with Gasteiger partial charge in [-0.05, 0) is 49.2 Å². The summed E-state index contributed by atoms with van der Waals surface area (Å²) in [6.45, 7) is 6.43. The fourth-order valence-electron chi connectivity index (χ4n) is 5.52. The Balaban J connectivity index is 1.11. The van der Waals surface area contributed by atoms with Gasteiger partial charge in [-0.2, -0.15) is 0 Å². The Hall–Kier alpha value is -2.89. The number of hydrogen-bond acceptors (Lipinski definition) is 5. The number of benzene rings is 2. The van der Waals surface area contributed by atoms with Crippen molar-refractivity contribution in [2.75, 3.05) is 49.1 Å². The van der Waals surface area contributed by atoms with Crippen molar-refractivity contribution < 1.29 is 0 Å². The van der Waals surface area contributed by atoms with E-state index in [0.717, 1.165) is 60.7 Å². The molecule has 168 valence electrons. The van der Waals surface area contributed by atoms with Crippen LogP contribution in [0.1, 0.15) is 12.8 Å². The molecule has 0 radical (unpaired) electrons. The largest absolute Gasteiger partial charge is 0.370 e. The molecule has 0 amide bonds. The van der Waals surface area contributed by atoms with Gasteiger partial charge in [0, 0.05) is 68.5 Å². The first-order valence-electron chi connectivity index (χ1n) is 11.9. The molecule has 4 aromatic rings. The van der Waals surface area contributed by atoms with Crippen molar-refractivity contribution in [3.05, 3.63) is 72.0 Å². The lowest BCUT2D eigenvalue weighted by molar-refractivity contribution is 0.160. The zero-order valence-corrected chi connectivity index (χ0v) is 19.5. The summed E-state index contributed by atoms with van der Waals surface area (Å²) < 4.78 is 0. The third-order valence-electron chi connectivity index (χ3n) is 7.28. The molecule has 2 aromatic heterocycles. The molecule has 4 heterocycles. The van der Waals surface area contributed by atoms with E-state index in [1.807, 2.05) is 30.6 Å². The lowest BCUT2D eigenvalue weighted by Gasteiger charge is -2.44. The summed E-state index contributed by atoms with van der Waals surface area (Å²) in [5.41, 5.74) is 4.61. The number of aromatic nitrogens is 2. The highest BCUT2D eigenvalue weighted by Crippen LogP contribution is 2.32. The van der Waals surface area contributed by atoms with Gasteiger partial charge >= 0.3 is 0 Å². The summed E-state index contributed by atoms with van der Waals surface area (Å²) in [6, 6.07) is 19.5. The van der Waals surface area contributed by atoms with Gasteiger partial charge in [0.1, 0.15) is 0 Å². The van der Waals surface area contributed by atoms with E-state index in [2.05, 4.69) is 61.1 Å². The van der Waals surface area contributed by atoms with Crippen molar-refractivity contribution in [2.24, 2.45) is 0 Å². The highest BCUT2D eigenvalue weighted by molar-refractivity contribution is 6.35. The number of nitrogens with zero attached hydrogens (tertiary/aromatic N) is 5. The van der Waals surface area contributed by atoms with Crippen LogP contribution in [0.4, 0.5) is 11.4 Å². The number of fused-ring (bicyclic) bond motifs is 2. The molecule has 0 bridgehead atoms. The summed E-state index contributed by atoms with van der Waals surface area (Å²) in [4.78, 5) is 17.0. The lowest BCUT2D eigenvalue weighted by atomic mass is 10.0. The predicted molar refractivity (Wildman–Crippen MR) is 138 cm³/mol. The van der Waals surface area contributed by atoms with Gasteiger partial charge in [-0.25, -0.2) is 0 Å². The van der Waals surface area contributed by atoms with E-state index in [0.29, 0.717) is 6.04 Å². The molecule has 0 N–H and O–H groups in total. The Morgan fingerprint density at radius 1 is 0.667 bits per heavy atom. The van der Waals surface area contributed by atoms with Gasteiger partial charge in [0.25, 0.3) is 0 Å². The molecule has 2 fully saturated rings. The number of piperidine rings is 1. The fourth-order valence-corrected chi connectivity index (χ4v) is 5.74. The molecule has 2 aliphatic rings. The second-order valence-corrected chi connectivity index (χ2v) is 9.47. The quantitative estimate of drug-likeness (QED) is 0.421. The van der Waals surface area contributed by atoms with Crippen LogP contribution in [-0.4, -0.2) is 60.2 Å². The molecule has 0 saturated carbocycles. The molecule has 0 spiro atoms. The maximum absolute atomic E-state index is 6.41. The molecule has 2 aliphatic heterocycles. The molecule has 6 rings (SSSR count). The fraction of sp³-hybridized carbons (Fsp3) is 0.333. The molecular formula is C27H28ClN5. The maximum Gasteiger partial charge on any atom is 0.0950 e. The minimum Gasteiger partial charge on any atom is -0.370 e. The van der Waals surface area contributed by atoms with Crippen LogP contribution >= 0.6 is 11.6 Å². The summed E-state index contributed by atoms with van der Waals surface area (Å²) in [5, 5.41) is 3.03. The average Bonchev–Trinajstić information content (AvgIpc) is 2.89. The van der Waals surface area contributed by atoms with Crippen molar-refractivity contribution in [2.45, 2.75) is 18.9 Å². The topological polar surface area (TPSA) is 35.5 Å². The summed E-state index contributed by atoms with van der Waals surface area (Å²) >= 11 is 6.41. The van der Waals surface area contributed by atoms with E-state index >= 15 is 0 Å². The standard InChI is InChI=1S/C27H28ClN5/c28-23-8-9-25(27-22(23)6-3-13-30-27)33-18-16-31(17-19-33)21-10-14-32(15-11-21)24-7-1-4-20-5-2-12-29-26(20)24/h1-9,12-13,21H,10-11,14-19H2. The number of hydrogen-bond donors (Lipinski definition) is 0. The van der Waals surface area contributed by atoms with Gasteiger partial charge in [0.15, 0.2) is 0 Å². The lowest BCUT2D eigenvalue weighted by Crippen LogP contribution is -2.53. The van der Waals surface area contributed by atoms with Gasteiger partial charge in [-0.3, -0.25) is 14.9 Å². The highest BCUT2D eigenvalue weighted by Gasteiger charge is 2.28. The summed E-state index contributed by atoms with van der Waals surface area (Å²) in [5.74, 6) is 0. The third kappa shape index (κ3) is 3.90. The van der Waals surface area contributed by atoms with Crippen LogP contribution in [0.25, 0.3) is 21.8 Å². The smallest absolute Gasteiger partial charge is 0.0950 e. The van der Waals surface area contributed by atoms with Crippen molar-refractivity contribution in [3.63, 3.8) is 0 Å². The van der Waals surface area contributed by atoms with E-state index in [1.165, 1.54) is 29.6 Å². The van der Waals surface area contributed by atoms with E-state index < -0.39 is 0 Å². The van der Waals surface area contributed by atoms with Crippen molar-refractivity contribution in [1.29, 1.82) is 0 Å². The monoisotopic (exact) mass is 457 g/mol. The van der Waals surface area contributed by atoms with Gasteiger partial charge in [0.2, 0.25) is 0 Å². The zero-order chi connectivity index (χ0) is 22.2. The molecule has 2 saturated heterocycles. The average molecular weight is 458 g/mol. The summed E-state index contributed by atoms with van der Waals surface area (Å²) in [6.07, 6.45) is 6.17. The predicted octanol–water partition coefficient (Wildman–Crippen LogP) is 5.23. The number of anilines is 2. The molecule has 0 aliphatic carbocycles.